The predicted molar refractivity (Wildman–Crippen MR) is 187 cm³/mol. The van der Waals surface area contributed by atoms with Gasteiger partial charge in [0.2, 0.25) is 0 Å². The van der Waals surface area contributed by atoms with E-state index >= 15 is 0 Å². The van der Waals surface area contributed by atoms with Gasteiger partial charge in [0.25, 0.3) is 0 Å². The van der Waals surface area contributed by atoms with Crippen molar-refractivity contribution in [3.63, 3.8) is 0 Å². The Morgan fingerprint density at radius 3 is 2.69 bits per heavy atom. The van der Waals surface area contributed by atoms with E-state index in [1.165, 1.54) is 29.7 Å². The number of H-pyrrole nitrogens is 1. The zero-order chi connectivity index (χ0) is 32.5. The van der Waals surface area contributed by atoms with Crippen molar-refractivity contribution >= 4 is 17.5 Å². The first kappa shape index (κ1) is 33.0. The van der Waals surface area contributed by atoms with Crippen LogP contribution in [-0.4, -0.2) is 123 Å². The minimum absolute atomic E-state index is 0.00989. The summed E-state index contributed by atoms with van der Waals surface area (Å²) in [5.74, 6) is 1.59. The summed E-state index contributed by atoms with van der Waals surface area (Å²) in [4.78, 5) is 25.6. The van der Waals surface area contributed by atoms with Gasteiger partial charge in [-0.3, -0.25) is 14.8 Å². The molecule has 3 saturated heterocycles. The summed E-state index contributed by atoms with van der Waals surface area (Å²) in [5, 5.41) is 10.9. The fraction of sp³-hybridized carbons (Fsp3) is 0.595. The van der Waals surface area contributed by atoms with Gasteiger partial charge in [0.05, 0.1) is 38.5 Å². The summed E-state index contributed by atoms with van der Waals surface area (Å²) in [6.07, 6.45) is 7.75. The van der Waals surface area contributed by atoms with Crippen LogP contribution in [0.15, 0.2) is 42.6 Å². The molecule has 1 aromatic carbocycles. The quantitative estimate of drug-likeness (QED) is 0.262. The highest BCUT2D eigenvalue weighted by atomic mass is 16.5. The summed E-state index contributed by atoms with van der Waals surface area (Å²) in [6.45, 7) is 11.5. The molecular weight excluding hydrogens is 606 g/mol. The Morgan fingerprint density at radius 2 is 1.85 bits per heavy atom. The number of carbonyl (C=O) groups excluding carboxylic acids is 1. The molecule has 7 rings (SSSR count). The number of hydrogen-bond donors (Lipinski definition) is 2. The average Bonchev–Trinajstić information content (AvgIpc) is 3.84. The molecule has 2 aromatic heterocycles. The maximum atomic E-state index is 13.4. The number of aromatic nitrogens is 3. The average molecular weight is 658 g/mol. The molecule has 11 heteroatoms. The number of likely N-dealkylation sites (tertiary alicyclic amines) is 1. The van der Waals surface area contributed by atoms with Crippen molar-refractivity contribution in [2.75, 3.05) is 102 Å². The second-order valence-corrected chi connectivity index (χ2v) is 13.8. The summed E-state index contributed by atoms with van der Waals surface area (Å²) in [6, 6.07) is 13.3. The Balaban J connectivity index is 1.04. The van der Waals surface area contributed by atoms with Gasteiger partial charge in [0.15, 0.2) is 0 Å². The van der Waals surface area contributed by atoms with E-state index in [4.69, 9.17) is 19.2 Å². The zero-order valence-corrected chi connectivity index (χ0v) is 28.2. The standard InChI is InChI=1S/C37H51N7O4/c45-36(48-21-14-42-12-17-46-18-13-42)25-32(30-22-31(35-7-10-39-41-35)24-34(23-30)44-15-19-47-20-16-44)27-43-11-8-28(26-43)3-5-33-6-4-29-2-1-9-38-37(29)40-33/h4,6-7,10,22-24,28,32H,1-3,5,8-9,11-21,25-27H2,(H,38,40)(H,39,41). The molecule has 4 aliphatic rings. The van der Waals surface area contributed by atoms with E-state index in [0.29, 0.717) is 18.9 Å². The van der Waals surface area contributed by atoms with E-state index in [-0.39, 0.29) is 11.9 Å². The third kappa shape index (κ3) is 8.74. The predicted octanol–water partition coefficient (Wildman–Crippen LogP) is 3.97. The number of hydrogen-bond acceptors (Lipinski definition) is 10. The van der Waals surface area contributed by atoms with Crippen molar-refractivity contribution in [2.24, 2.45) is 5.92 Å². The number of morpholine rings is 2. The molecule has 0 saturated carbocycles. The van der Waals surface area contributed by atoms with Gasteiger partial charge in [-0.25, -0.2) is 4.98 Å². The normalized spacial score (nSPS) is 21.1. The fourth-order valence-corrected chi connectivity index (χ4v) is 7.59. The molecule has 2 unspecified atom stereocenters. The van der Waals surface area contributed by atoms with E-state index in [0.717, 1.165) is 127 Å². The van der Waals surface area contributed by atoms with Gasteiger partial charge >= 0.3 is 5.97 Å². The summed E-state index contributed by atoms with van der Waals surface area (Å²) in [7, 11) is 0. The van der Waals surface area contributed by atoms with Crippen molar-refractivity contribution in [3.8, 4) is 11.3 Å². The van der Waals surface area contributed by atoms with Crippen molar-refractivity contribution in [2.45, 2.75) is 44.4 Å². The molecule has 2 N–H and O–H groups in total. The Kier molecular flexibility index (Phi) is 11.2. The molecule has 0 spiro atoms. The number of anilines is 2. The number of nitrogens with one attached hydrogen (secondary N) is 2. The lowest BCUT2D eigenvalue weighted by atomic mass is 9.92. The van der Waals surface area contributed by atoms with Gasteiger partial charge in [-0.05, 0) is 86.0 Å². The first-order chi connectivity index (χ1) is 23.7. The lowest BCUT2D eigenvalue weighted by Crippen LogP contribution is -2.38. The van der Waals surface area contributed by atoms with Crippen molar-refractivity contribution in [1.82, 2.24) is 25.0 Å². The van der Waals surface area contributed by atoms with Crippen molar-refractivity contribution in [1.29, 1.82) is 0 Å². The Bertz CT molecular complexity index is 1470. The number of aryl methyl sites for hydroxylation is 2. The van der Waals surface area contributed by atoms with Crippen LogP contribution < -0.4 is 10.2 Å². The summed E-state index contributed by atoms with van der Waals surface area (Å²) in [5.41, 5.74) is 6.93. The third-order valence-corrected chi connectivity index (χ3v) is 10.4. The maximum absolute atomic E-state index is 13.4. The summed E-state index contributed by atoms with van der Waals surface area (Å²) < 4.78 is 17.0. The van der Waals surface area contributed by atoms with Crippen LogP contribution in [0.1, 0.15) is 48.4 Å². The molecule has 0 bridgehead atoms. The second kappa shape index (κ2) is 16.3. The molecule has 0 amide bonds. The van der Waals surface area contributed by atoms with E-state index in [1.807, 2.05) is 6.07 Å². The van der Waals surface area contributed by atoms with Gasteiger partial charge in [0, 0.05) is 81.4 Å². The topological polar surface area (TPSA) is 108 Å². The maximum Gasteiger partial charge on any atom is 0.306 e. The number of carbonyl (C=O) groups is 1. The monoisotopic (exact) mass is 657 g/mol. The van der Waals surface area contributed by atoms with Crippen LogP contribution >= 0.6 is 0 Å². The van der Waals surface area contributed by atoms with Crippen LogP contribution in [0.3, 0.4) is 0 Å². The number of fused-ring (bicyclic) bond motifs is 1. The molecule has 48 heavy (non-hydrogen) atoms. The molecule has 258 valence electrons. The fourth-order valence-electron chi connectivity index (χ4n) is 7.59. The Hall–Kier alpha value is -3.51. The van der Waals surface area contributed by atoms with E-state index in [9.17, 15) is 4.79 Å². The number of benzene rings is 1. The molecular formula is C37H51N7O4. The smallest absolute Gasteiger partial charge is 0.306 e. The van der Waals surface area contributed by atoms with E-state index in [2.05, 4.69) is 60.5 Å². The highest BCUT2D eigenvalue weighted by Gasteiger charge is 2.28. The van der Waals surface area contributed by atoms with Crippen LogP contribution in [0.4, 0.5) is 11.5 Å². The minimum atomic E-state index is -0.129. The van der Waals surface area contributed by atoms with E-state index in [1.54, 1.807) is 6.20 Å². The minimum Gasteiger partial charge on any atom is -0.464 e. The molecule has 3 fully saturated rings. The number of pyridine rings is 1. The van der Waals surface area contributed by atoms with Gasteiger partial charge < -0.3 is 29.3 Å². The first-order valence-corrected chi connectivity index (χ1v) is 18.0. The molecule has 2 atom stereocenters. The number of rotatable bonds is 13. The molecule has 4 aliphatic heterocycles. The largest absolute Gasteiger partial charge is 0.464 e. The van der Waals surface area contributed by atoms with Crippen molar-refractivity contribution in [3.05, 3.63) is 59.4 Å². The second-order valence-electron chi connectivity index (χ2n) is 13.8. The van der Waals surface area contributed by atoms with Crippen LogP contribution in [0, 0.1) is 5.92 Å². The van der Waals surface area contributed by atoms with Crippen LogP contribution in [0.5, 0.6) is 0 Å². The number of nitrogens with zero attached hydrogens (tertiary/aromatic N) is 5. The molecule has 0 radical (unpaired) electrons. The summed E-state index contributed by atoms with van der Waals surface area (Å²) >= 11 is 0. The van der Waals surface area contributed by atoms with Gasteiger partial charge in [-0.1, -0.05) is 6.07 Å². The molecule has 3 aromatic rings. The first-order valence-electron chi connectivity index (χ1n) is 18.0. The number of aromatic amines is 1. The van der Waals surface area contributed by atoms with Crippen LogP contribution in [-0.2, 0) is 31.8 Å². The van der Waals surface area contributed by atoms with Gasteiger partial charge in [0.1, 0.15) is 12.4 Å². The Morgan fingerprint density at radius 1 is 1.00 bits per heavy atom. The van der Waals surface area contributed by atoms with Crippen molar-refractivity contribution < 1.29 is 19.0 Å². The lowest BCUT2D eigenvalue weighted by Gasteiger charge is -2.31. The number of esters is 1. The number of ether oxygens (including phenoxy) is 3. The SMILES string of the molecule is O=C(CC(CN1CCC(CCc2ccc3c(n2)NCCC3)C1)c1cc(-c2ccn[nH]2)cc(N2CCOCC2)c1)OCCN1CCOCC1. The Labute approximate surface area is 284 Å². The van der Waals surface area contributed by atoms with Gasteiger partial charge in [-0.15, -0.1) is 0 Å². The lowest BCUT2D eigenvalue weighted by molar-refractivity contribution is -0.144. The molecule has 6 heterocycles. The molecule has 0 aliphatic carbocycles. The highest BCUT2D eigenvalue weighted by molar-refractivity contribution is 5.72. The van der Waals surface area contributed by atoms with E-state index < -0.39 is 0 Å². The zero-order valence-electron chi connectivity index (χ0n) is 28.2. The third-order valence-electron chi connectivity index (χ3n) is 10.4. The van der Waals surface area contributed by atoms with Crippen LogP contribution in [0.2, 0.25) is 0 Å². The van der Waals surface area contributed by atoms with Gasteiger partial charge in [-0.2, -0.15) is 5.10 Å². The van der Waals surface area contributed by atoms with Crippen LogP contribution in [0.25, 0.3) is 11.3 Å². The highest BCUT2D eigenvalue weighted by Crippen LogP contribution is 2.34. The molecule has 11 nitrogen and oxygen atoms in total.